The number of carbonyl (C=O) groups is 1. The summed E-state index contributed by atoms with van der Waals surface area (Å²) in [5.41, 5.74) is 1.95. The fourth-order valence-electron chi connectivity index (χ4n) is 4.13. The maximum atomic E-state index is 12.9. The van der Waals surface area contributed by atoms with E-state index in [1.54, 1.807) is 0 Å². The van der Waals surface area contributed by atoms with Gasteiger partial charge in [0.05, 0.1) is 11.6 Å². The Morgan fingerprint density at radius 3 is 2.44 bits per heavy atom. The highest BCUT2D eigenvalue weighted by molar-refractivity contribution is 5.80. The number of hydrogen-bond acceptors (Lipinski definition) is 4. The van der Waals surface area contributed by atoms with Gasteiger partial charge in [-0.1, -0.05) is 37.3 Å². The van der Waals surface area contributed by atoms with E-state index in [1.165, 1.54) is 0 Å². The second-order valence-corrected chi connectivity index (χ2v) is 7.94. The van der Waals surface area contributed by atoms with Gasteiger partial charge >= 0.3 is 0 Å². The first-order valence-corrected chi connectivity index (χ1v) is 10.1. The Labute approximate surface area is 161 Å². The standard InChI is InChI=1S/C22H28N4O/c1-17-11-14-25(15-12-17)22(27)19-8-5-13-26(16-19)21-10-9-20(23-24-21)18-6-3-2-4-7-18/h2-4,6-7,9-10,17,19H,5,8,11-16H2,1H3. The number of rotatable bonds is 3. The lowest BCUT2D eigenvalue weighted by Gasteiger charge is -2.37. The van der Waals surface area contributed by atoms with E-state index < -0.39 is 0 Å². The van der Waals surface area contributed by atoms with E-state index in [2.05, 4.69) is 26.9 Å². The third-order valence-corrected chi connectivity index (χ3v) is 5.91. The van der Waals surface area contributed by atoms with Gasteiger partial charge in [0.15, 0.2) is 5.82 Å². The van der Waals surface area contributed by atoms with Crippen molar-refractivity contribution in [3.63, 3.8) is 0 Å². The highest BCUT2D eigenvalue weighted by atomic mass is 16.2. The number of carbonyl (C=O) groups excluding carboxylic acids is 1. The fraction of sp³-hybridized carbons (Fsp3) is 0.500. The Bertz CT molecular complexity index is 754. The Morgan fingerprint density at radius 1 is 0.963 bits per heavy atom. The first-order valence-electron chi connectivity index (χ1n) is 10.1. The molecule has 0 aliphatic carbocycles. The number of anilines is 1. The molecule has 142 valence electrons. The van der Waals surface area contributed by atoms with Gasteiger partial charge in [0.2, 0.25) is 5.91 Å². The minimum atomic E-state index is 0.0859. The van der Waals surface area contributed by atoms with Crippen molar-refractivity contribution in [2.75, 3.05) is 31.1 Å². The van der Waals surface area contributed by atoms with Crippen LogP contribution in [0.2, 0.25) is 0 Å². The lowest BCUT2D eigenvalue weighted by Crippen LogP contribution is -2.47. The average Bonchev–Trinajstić information content (AvgIpc) is 2.75. The first-order chi connectivity index (χ1) is 13.2. The maximum absolute atomic E-state index is 12.9. The van der Waals surface area contributed by atoms with E-state index in [-0.39, 0.29) is 5.92 Å². The molecule has 0 spiro atoms. The molecule has 1 unspecified atom stereocenters. The molecule has 5 nitrogen and oxygen atoms in total. The van der Waals surface area contributed by atoms with Crippen LogP contribution in [0.1, 0.15) is 32.6 Å². The van der Waals surface area contributed by atoms with Gasteiger partial charge in [0.1, 0.15) is 0 Å². The summed E-state index contributed by atoms with van der Waals surface area (Å²) in [5, 5.41) is 8.85. The van der Waals surface area contributed by atoms with Crippen LogP contribution in [0.3, 0.4) is 0 Å². The van der Waals surface area contributed by atoms with Crippen molar-refractivity contribution in [2.24, 2.45) is 11.8 Å². The zero-order valence-corrected chi connectivity index (χ0v) is 16.1. The van der Waals surface area contributed by atoms with Crippen molar-refractivity contribution in [1.29, 1.82) is 0 Å². The Kier molecular flexibility index (Phi) is 5.37. The van der Waals surface area contributed by atoms with Crippen LogP contribution < -0.4 is 4.90 Å². The molecule has 1 aromatic carbocycles. The topological polar surface area (TPSA) is 49.3 Å². The smallest absolute Gasteiger partial charge is 0.227 e. The highest BCUT2D eigenvalue weighted by Crippen LogP contribution is 2.26. The number of likely N-dealkylation sites (tertiary alicyclic amines) is 1. The molecule has 27 heavy (non-hydrogen) atoms. The van der Waals surface area contributed by atoms with Gasteiger partial charge in [-0.05, 0) is 43.7 Å². The van der Waals surface area contributed by atoms with Crippen molar-refractivity contribution >= 4 is 11.7 Å². The van der Waals surface area contributed by atoms with Crippen LogP contribution in [0, 0.1) is 11.8 Å². The molecule has 0 bridgehead atoms. The van der Waals surface area contributed by atoms with Crippen molar-refractivity contribution < 1.29 is 4.79 Å². The Hall–Kier alpha value is -2.43. The zero-order chi connectivity index (χ0) is 18.6. The van der Waals surface area contributed by atoms with Crippen molar-refractivity contribution in [3.05, 3.63) is 42.5 Å². The summed E-state index contributed by atoms with van der Waals surface area (Å²) in [7, 11) is 0. The highest BCUT2D eigenvalue weighted by Gasteiger charge is 2.31. The van der Waals surface area contributed by atoms with Crippen molar-refractivity contribution in [3.8, 4) is 11.3 Å². The maximum Gasteiger partial charge on any atom is 0.227 e. The van der Waals surface area contributed by atoms with Crippen LogP contribution in [-0.4, -0.2) is 47.2 Å². The van der Waals surface area contributed by atoms with Crippen LogP contribution in [0.4, 0.5) is 5.82 Å². The van der Waals surface area contributed by atoms with Gasteiger partial charge in [0, 0.05) is 31.7 Å². The van der Waals surface area contributed by atoms with Crippen molar-refractivity contribution in [1.82, 2.24) is 15.1 Å². The lowest BCUT2D eigenvalue weighted by molar-refractivity contribution is -0.137. The SMILES string of the molecule is CC1CCN(C(=O)C2CCCN(c3ccc(-c4ccccc4)nn3)C2)CC1. The van der Waals surface area contributed by atoms with Gasteiger partial charge in [-0.3, -0.25) is 4.79 Å². The zero-order valence-electron chi connectivity index (χ0n) is 16.1. The second kappa shape index (κ2) is 8.07. The summed E-state index contributed by atoms with van der Waals surface area (Å²) in [6, 6.07) is 14.1. The molecule has 1 aromatic heterocycles. The molecular weight excluding hydrogens is 336 g/mol. The first kappa shape index (κ1) is 18.0. The third kappa shape index (κ3) is 4.12. The van der Waals surface area contributed by atoms with Gasteiger partial charge in [-0.25, -0.2) is 0 Å². The second-order valence-electron chi connectivity index (χ2n) is 7.94. The molecule has 5 heteroatoms. The summed E-state index contributed by atoms with van der Waals surface area (Å²) < 4.78 is 0. The minimum Gasteiger partial charge on any atom is -0.354 e. The molecule has 4 rings (SSSR count). The van der Waals surface area contributed by atoms with E-state index in [1.807, 2.05) is 42.5 Å². The van der Waals surface area contributed by atoms with Gasteiger partial charge in [0.25, 0.3) is 0 Å². The molecule has 2 aliphatic heterocycles. The Balaban J connectivity index is 1.41. The van der Waals surface area contributed by atoms with Crippen LogP contribution >= 0.6 is 0 Å². The van der Waals surface area contributed by atoms with Gasteiger partial charge in [-0.15, -0.1) is 10.2 Å². The molecule has 1 amide bonds. The molecule has 2 saturated heterocycles. The molecule has 0 saturated carbocycles. The minimum absolute atomic E-state index is 0.0859. The van der Waals surface area contributed by atoms with E-state index in [0.29, 0.717) is 5.91 Å². The molecule has 0 N–H and O–H groups in total. The third-order valence-electron chi connectivity index (χ3n) is 5.91. The van der Waals surface area contributed by atoms with Gasteiger partial charge in [-0.2, -0.15) is 0 Å². The molecular formula is C22H28N4O. The van der Waals surface area contributed by atoms with Crippen LogP contribution in [0.15, 0.2) is 42.5 Å². The van der Waals surface area contributed by atoms with E-state index in [4.69, 9.17) is 0 Å². The summed E-state index contributed by atoms with van der Waals surface area (Å²) >= 11 is 0. The summed E-state index contributed by atoms with van der Waals surface area (Å²) in [6.07, 6.45) is 4.28. The molecule has 2 aliphatic rings. The number of benzene rings is 1. The molecule has 3 heterocycles. The molecule has 0 radical (unpaired) electrons. The van der Waals surface area contributed by atoms with Crippen LogP contribution in [-0.2, 0) is 4.79 Å². The predicted octanol–water partition coefficient (Wildman–Crippen LogP) is 3.62. The van der Waals surface area contributed by atoms with Gasteiger partial charge < -0.3 is 9.80 Å². The number of nitrogens with zero attached hydrogens (tertiary/aromatic N) is 4. The fourth-order valence-corrected chi connectivity index (χ4v) is 4.13. The van der Waals surface area contributed by atoms with E-state index in [0.717, 1.165) is 74.9 Å². The van der Waals surface area contributed by atoms with E-state index in [9.17, 15) is 4.79 Å². The number of hydrogen-bond donors (Lipinski definition) is 0. The lowest BCUT2D eigenvalue weighted by atomic mass is 9.93. The van der Waals surface area contributed by atoms with Crippen LogP contribution in [0.5, 0.6) is 0 Å². The van der Waals surface area contributed by atoms with Crippen molar-refractivity contribution in [2.45, 2.75) is 32.6 Å². The summed E-state index contributed by atoms with van der Waals surface area (Å²) in [5.74, 6) is 2.04. The Morgan fingerprint density at radius 2 is 1.74 bits per heavy atom. The number of aromatic nitrogens is 2. The average molecular weight is 364 g/mol. The predicted molar refractivity (Wildman–Crippen MR) is 107 cm³/mol. The molecule has 2 aromatic rings. The molecule has 1 atom stereocenters. The van der Waals surface area contributed by atoms with E-state index >= 15 is 0 Å². The summed E-state index contributed by atoms with van der Waals surface area (Å²) in [4.78, 5) is 17.2. The largest absolute Gasteiger partial charge is 0.354 e. The quantitative estimate of drug-likeness (QED) is 0.835. The monoisotopic (exact) mass is 364 g/mol. The summed E-state index contributed by atoms with van der Waals surface area (Å²) in [6.45, 7) is 5.82. The molecule has 2 fully saturated rings. The number of piperidine rings is 2. The number of amides is 1. The normalized spacial score (nSPS) is 21.3. The van der Waals surface area contributed by atoms with Crippen LogP contribution in [0.25, 0.3) is 11.3 Å².